The van der Waals surface area contributed by atoms with Gasteiger partial charge < -0.3 is 9.84 Å². The van der Waals surface area contributed by atoms with E-state index in [9.17, 15) is 5.11 Å². The average Bonchev–Trinajstić information content (AvgIpc) is 2.84. The summed E-state index contributed by atoms with van der Waals surface area (Å²) in [5.74, 6) is 0.815. The number of methoxy groups -OCH3 is 1. The molecule has 1 N–H and O–H groups in total. The molecule has 3 aromatic rings. The van der Waals surface area contributed by atoms with Crippen LogP contribution in [0.2, 0.25) is 0 Å². The van der Waals surface area contributed by atoms with Gasteiger partial charge >= 0.3 is 0 Å². The van der Waals surface area contributed by atoms with Gasteiger partial charge in [0.1, 0.15) is 28.2 Å². The van der Waals surface area contributed by atoms with Crippen molar-refractivity contribution in [2.75, 3.05) is 7.11 Å². The van der Waals surface area contributed by atoms with Crippen LogP contribution in [-0.2, 0) is 0 Å². The lowest BCUT2D eigenvalue weighted by Crippen LogP contribution is -2.00. The van der Waals surface area contributed by atoms with Crippen molar-refractivity contribution in [2.45, 2.75) is 13.8 Å². The van der Waals surface area contributed by atoms with Gasteiger partial charge in [-0.3, -0.25) is 0 Å². The van der Waals surface area contributed by atoms with E-state index in [1.54, 1.807) is 19.2 Å². The fraction of sp³-hybridized carbons (Fsp3) is 0.200. The van der Waals surface area contributed by atoms with E-state index < -0.39 is 0 Å². The van der Waals surface area contributed by atoms with E-state index in [2.05, 4.69) is 10.2 Å². The second kappa shape index (κ2) is 4.52. The molecule has 0 spiro atoms. The third-order valence-corrected chi connectivity index (χ3v) is 3.24. The van der Waals surface area contributed by atoms with E-state index in [1.807, 2.05) is 32.0 Å². The second-order valence-corrected chi connectivity index (χ2v) is 4.79. The predicted molar refractivity (Wildman–Crippen MR) is 76.6 cm³/mol. The number of fused-ring (bicyclic) bond motifs is 1. The Morgan fingerprint density at radius 1 is 1.05 bits per heavy atom. The summed E-state index contributed by atoms with van der Waals surface area (Å²) in [6.07, 6.45) is 0. The zero-order valence-electron chi connectivity index (χ0n) is 11.6. The van der Waals surface area contributed by atoms with Crippen LogP contribution in [0.3, 0.4) is 0 Å². The lowest BCUT2D eigenvalue weighted by atomic mass is 10.2. The summed E-state index contributed by atoms with van der Waals surface area (Å²) >= 11 is 0. The Morgan fingerprint density at radius 3 is 2.55 bits per heavy atom. The van der Waals surface area contributed by atoms with Crippen molar-refractivity contribution in [3.63, 3.8) is 0 Å². The van der Waals surface area contributed by atoms with Crippen LogP contribution in [0.25, 0.3) is 16.7 Å². The van der Waals surface area contributed by atoms with Gasteiger partial charge in [-0.05, 0) is 43.2 Å². The molecule has 5 nitrogen and oxygen atoms in total. The molecular formula is C15H15N3O2. The Balaban J connectivity index is 2.22. The van der Waals surface area contributed by atoms with Crippen LogP contribution in [0.5, 0.6) is 11.5 Å². The van der Waals surface area contributed by atoms with Gasteiger partial charge in [-0.1, -0.05) is 6.07 Å². The van der Waals surface area contributed by atoms with E-state index in [0.717, 1.165) is 22.2 Å². The number of benzene rings is 2. The summed E-state index contributed by atoms with van der Waals surface area (Å²) in [5, 5.41) is 19.0. The molecule has 2 aromatic carbocycles. The van der Waals surface area contributed by atoms with Crippen molar-refractivity contribution in [2.24, 2.45) is 0 Å². The van der Waals surface area contributed by atoms with Crippen molar-refractivity contribution < 1.29 is 9.84 Å². The third-order valence-electron chi connectivity index (χ3n) is 3.24. The van der Waals surface area contributed by atoms with Crippen molar-refractivity contribution >= 4 is 11.0 Å². The first-order valence-electron chi connectivity index (χ1n) is 6.30. The average molecular weight is 269 g/mol. The molecular weight excluding hydrogens is 254 g/mol. The molecule has 0 amide bonds. The lowest BCUT2D eigenvalue weighted by Gasteiger charge is -2.08. The summed E-state index contributed by atoms with van der Waals surface area (Å²) in [7, 11) is 1.59. The first kappa shape index (κ1) is 12.5. The zero-order valence-corrected chi connectivity index (χ0v) is 11.6. The van der Waals surface area contributed by atoms with Crippen molar-refractivity contribution in [3.05, 3.63) is 41.5 Å². The van der Waals surface area contributed by atoms with E-state index in [-0.39, 0.29) is 5.75 Å². The molecule has 0 aliphatic heterocycles. The van der Waals surface area contributed by atoms with Crippen LogP contribution in [0.4, 0.5) is 0 Å². The highest BCUT2D eigenvalue weighted by atomic mass is 16.5. The Bertz CT molecular complexity index is 793. The number of hydrogen-bond acceptors (Lipinski definition) is 4. The molecule has 0 unspecified atom stereocenters. The van der Waals surface area contributed by atoms with Gasteiger partial charge in [0.15, 0.2) is 0 Å². The molecule has 0 saturated heterocycles. The molecule has 0 atom stereocenters. The molecule has 1 aromatic heterocycles. The molecule has 102 valence electrons. The lowest BCUT2D eigenvalue weighted by molar-refractivity contribution is 0.410. The van der Waals surface area contributed by atoms with Crippen LogP contribution in [-0.4, -0.2) is 27.2 Å². The number of ether oxygens (including phenoxy) is 1. The van der Waals surface area contributed by atoms with E-state index in [0.29, 0.717) is 11.4 Å². The minimum absolute atomic E-state index is 0.155. The third kappa shape index (κ3) is 1.97. The zero-order chi connectivity index (χ0) is 14.3. The van der Waals surface area contributed by atoms with Gasteiger partial charge in [0, 0.05) is 6.07 Å². The minimum Gasteiger partial charge on any atom is -0.505 e. The van der Waals surface area contributed by atoms with Gasteiger partial charge in [0.2, 0.25) is 0 Å². The quantitative estimate of drug-likeness (QED) is 0.777. The second-order valence-electron chi connectivity index (χ2n) is 4.79. The summed E-state index contributed by atoms with van der Waals surface area (Å²) in [6, 6.07) is 9.35. The molecule has 5 heteroatoms. The number of nitrogens with zero attached hydrogens (tertiary/aromatic N) is 3. The molecule has 0 aliphatic carbocycles. The number of aryl methyl sites for hydroxylation is 2. The highest BCUT2D eigenvalue weighted by molar-refractivity contribution is 5.75. The smallest absolute Gasteiger partial charge is 0.146 e. The Hall–Kier alpha value is -2.56. The minimum atomic E-state index is 0.155. The number of aromatic nitrogens is 3. The number of phenolic OH excluding ortho intramolecular Hbond substituents is 1. The highest BCUT2D eigenvalue weighted by Crippen LogP contribution is 2.30. The molecule has 0 radical (unpaired) electrons. The number of rotatable bonds is 2. The van der Waals surface area contributed by atoms with Crippen LogP contribution in [0.1, 0.15) is 11.1 Å². The highest BCUT2D eigenvalue weighted by Gasteiger charge is 2.12. The van der Waals surface area contributed by atoms with Crippen molar-refractivity contribution in [1.82, 2.24) is 15.0 Å². The maximum absolute atomic E-state index is 10.2. The van der Waals surface area contributed by atoms with E-state index in [1.165, 1.54) is 4.80 Å². The van der Waals surface area contributed by atoms with E-state index >= 15 is 0 Å². The molecule has 0 aliphatic rings. The largest absolute Gasteiger partial charge is 0.505 e. The maximum Gasteiger partial charge on any atom is 0.146 e. The monoisotopic (exact) mass is 269 g/mol. The molecule has 1 heterocycles. The number of phenols is 1. The summed E-state index contributed by atoms with van der Waals surface area (Å²) in [6.45, 7) is 3.82. The first-order valence-corrected chi connectivity index (χ1v) is 6.30. The molecule has 0 saturated carbocycles. The summed E-state index contributed by atoms with van der Waals surface area (Å²) in [4.78, 5) is 1.44. The maximum atomic E-state index is 10.2. The molecule has 20 heavy (non-hydrogen) atoms. The Kier molecular flexibility index (Phi) is 2.82. The van der Waals surface area contributed by atoms with Crippen molar-refractivity contribution in [3.8, 4) is 17.2 Å². The number of hydrogen-bond donors (Lipinski definition) is 1. The van der Waals surface area contributed by atoms with Gasteiger partial charge in [-0.25, -0.2) is 0 Å². The topological polar surface area (TPSA) is 60.2 Å². The Labute approximate surface area is 116 Å². The standard InChI is InChI=1S/C15H15N3O2/c1-9-4-5-12-13(6-9)17-18(16-12)14-8-11(20-3)7-10(2)15(14)19/h4-8,19H,1-3H3. The van der Waals surface area contributed by atoms with Gasteiger partial charge in [0.25, 0.3) is 0 Å². The van der Waals surface area contributed by atoms with Crippen LogP contribution < -0.4 is 4.74 Å². The van der Waals surface area contributed by atoms with E-state index in [4.69, 9.17) is 4.74 Å². The van der Waals surface area contributed by atoms with Crippen LogP contribution in [0.15, 0.2) is 30.3 Å². The van der Waals surface area contributed by atoms with Gasteiger partial charge in [0.05, 0.1) is 7.11 Å². The summed E-state index contributed by atoms with van der Waals surface area (Å²) in [5.41, 5.74) is 3.93. The first-order chi connectivity index (χ1) is 9.58. The van der Waals surface area contributed by atoms with Crippen LogP contribution >= 0.6 is 0 Å². The number of aromatic hydroxyl groups is 1. The van der Waals surface area contributed by atoms with Crippen molar-refractivity contribution in [1.29, 1.82) is 0 Å². The Morgan fingerprint density at radius 2 is 1.80 bits per heavy atom. The molecule has 3 rings (SSSR count). The normalized spacial score (nSPS) is 10.9. The van der Waals surface area contributed by atoms with Gasteiger partial charge in [-0.2, -0.15) is 0 Å². The van der Waals surface area contributed by atoms with Crippen LogP contribution in [0, 0.1) is 13.8 Å². The fourth-order valence-corrected chi connectivity index (χ4v) is 2.13. The fourth-order valence-electron chi connectivity index (χ4n) is 2.13. The predicted octanol–water partition coefficient (Wildman–Crippen LogP) is 2.75. The SMILES string of the molecule is COc1cc(C)c(O)c(-n2nc3ccc(C)cc3n2)c1. The molecule has 0 fully saturated rings. The summed E-state index contributed by atoms with van der Waals surface area (Å²) < 4.78 is 5.23. The molecule has 0 bridgehead atoms. The van der Waals surface area contributed by atoms with Gasteiger partial charge in [-0.15, -0.1) is 15.0 Å².